The van der Waals surface area contributed by atoms with Crippen molar-refractivity contribution in [1.82, 2.24) is 0 Å². The summed E-state index contributed by atoms with van der Waals surface area (Å²) in [6.07, 6.45) is 5.49. The minimum Gasteiger partial charge on any atom is -0.385 e. The van der Waals surface area contributed by atoms with E-state index in [9.17, 15) is 5.11 Å². The topological polar surface area (TPSA) is 20.2 Å². The zero-order chi connectivity index (χ0) is 13.9. The first kappa shape index (κ1) is 14.6. The van der Waals surface area contributed by atoms with Crippen LogP contribution < -0.4 is 0 Å². The Balaban J connectivity index is 2.24. The molecule has 19 heavy (non-hydrogen) atoms. The molecule has 0 radical (unpaired) electrons. The molecule has 106 valence electrons. The molecule has 0 saturated heterocycles. The standard InChI is InChI=1S/C18H28O/c1-4-12-18(19,16-8-6-5-7-9-16)17-11-10-14(2)15(3)13-17/h5-9,14-15,17,19H,4,10-13H2,1-3H3. The Labute approximate surface area is 118 Å². The lowest BCUT2D eigenvalue weighted by Crippen LogP contribution is -2.39. The SMILES string of the molecule is CCCC(O)(c1ccccc1)C1CCC(C)C(C)C1. The van der Waals surface area contributed by atoms with Gasteiger partial charge in [0.1, 0.15) is 0 Å². The van der Waals surface area contributed by atoms with Crippen LogP contribution in [0.2, 0.25) is 0 Å². The van der Waals surface area contributed by atoms with Crippen molar-refractivity contribution >= 4 is 0 Å². The van der Waals surface area contributed by atoms with Crippen LogP contribution in [-0.4, -0.2) is 5.11 Å². The fourth-order valence-electron chi connectivity index (χ4n) is 3.67. The summed E-state index contributed by atoms with van der Waals surface area (Å²) in [6.45, 7) is 6.86. The summed E-state index contributed by atoms with van der Waals surface area (Å²) < 4.78 is 0. The van der Waals surface area contributed by atoms with E-state index in [1.54, 1.807) is 0 Å². The van der Waals surface area contributed by atoms with Gasteiger partial charge in [-0.3, -0.25) is 0 Å². The third-order valence-corrected chi connectivity index (χ3v) is 5.18. The molecule has 0 bridgehead atoms. The van der Waals surface area contributed by atoms with E-state index in [0.717, 1.165) is 43.1 Å². The Morgan fingerprint density at radius 1 is 1.11 bits per heavy atom. The van der Waals surface area contributed by atoms with E-state index in [1.807, 2.05) is 18.2 Å². The highest BCUT2D eigenvalue weighted by Gasteiger charge is 2.40. The summed E-state index contributed by atoms with van der Waals surface area (Å²) in [5, 5.41) is 11.3. The molecule has 2 rings (SSSR count). The highest BCUT2D eigenvalue weighted by Crippen LogP contribution is 2.45. The minimum atomic E-state index is -0.621. The fraction of sp³-hybridized carbons (Fsp3) is 0.667. The molecule has 0 aliphatic heterocycles. The van der Waals surface area contributed by atoms with Gasteiger partial charge in [-0.2, -0.15) is 0 Å². The zero-order valence-corrected chi connectivity index (χ0v) is 12.6. The first-order valence-electron chi connectivity index (χ1n) is 7.85. The van der Waals surface area contributed by atoms with E-state index in [4.69, 9.17) is 0 Å². The van der Waals surface area contributed by atoms with Crippen LogP contribution in [-0.2, 0) is 5.60 Å². The quantitative estimate of drug-likeness (QED) is 0.828. The monoisotopic (exact) mass is 260 g/mol. The van der Waals surface area contributed by atoms with Gasteiger partial charge in [0.2, 0.25) is 0 Å². The minimum absolute atomic E-state index is 0.418. The van der Waals surface area contributed by atoms with Gasteiger partial charge in [-0.1, -0.05) is 63.9 Å². The van der Waals surface area contributed by atoms with Gasteiger partial charge in [-0.15, -0.1) is 0 Å². The van der Waals surface area contributed by atoms with Gasteiger partial charge >= 0.3 is 0 Å². The lowest BCUT2D eigenvalue weighted by atomic mass is 9.66. The Morgan fingerprint density at radius 3 is 2.37 bits per heavy atom. The maximum absolute atomic E-state index is 11.3. The third-order valence-electron chi connectivity index (χ3n) is 5.18. The second-order valence-electron chi connectivity index (χ2n) is 6.50. The third kappa shape index (κ3) is 3.02. The highest BCUT2D eigenvalue weighted by molar-refractivity contribution is 5.23. The van der Waals surface area contributed by atoms with Crippen molar-refractivity contribution in [3.63, 3.8) is 0 Å². The number of aliphatic hydroxyl groups is 1. The summed E-state index contributed by atoms with van der Waals surface area (Å²) in [5.41, 5.74) is 0.494. The van der Waals surface area contributed by atoms with E-state index in [-0.39, 0.29) is 0 Å². The van der Waals surface area contributed by atoms with E-state index in [1.165, 1.54) is 6.42 Å². The Kier molecular flexibility index (Phi) is 4.67. The molecule has 1 nitrogen and oxygen atoms in total. The van der Waals surface area contributed by atoms with Gasteiger partial charge in [-0.25, -0.2) is 0 Å². The van der Waals surface area contributed by atoms with E-state index in [0.29, 0.717) is 5.92 Å². The first-order chi connectivity index (χ1) is 9.08. The molecule has 4 unspecified atom stereocenters. The van der Waals surface area contributed by atoms with Gasteiger partial charge < -0.3 is 5.11 Å². The molecule has 1 saturated carbocycles. The first-order valence-corrected chi connectivity index (χ1v) is 7.85. The normalized spacial score (nSPS) is 30.8. The molecule has 1 heteroatoms. The Morgan fingerprint density at radius 2 is 1.79 bits per heavy atom. The van der Waals surface area contributed by atoms with Crippen LogP contribution in [0.4, 0.5) is 0 Å². The van der Waals surface area contributed by atoms with Gasteiger partial charge in [0.05, 0.1) is 5.60 Å². The van der Waals surface area contributed by atoms with E-state index < -0.39 is 5.60 Å². The Hall–Kier alpha value is -0.820. The molecule has 1 aliphatic carbocycles. The average Bonchev–Trinajstić information content (AvgIpc) is 2.43. The molecule has 1 aliphatic rings. The molecule has 0 heterocycles. The average molecular weight is 260 g/mol. The number of rotatable bonds is 4. The predicted molar refractivity (Wildman–Crippen MR) is 80.9 cm³/mol. The van der Waals surface area contributed by atoms with Crippen LogP contribution in [0.5, 0.6) is 0 Å². The predicted octanol–water partition coefficient (Wildman–Crippen LogP) is 4.75. The van der Waals surface area contributed by atoms with Crippen molar-refractivity contribution in [2.75, 3.05) is 0 Å². The number of benzene rings is 1. The molecule has 1 N–H and O–H groups in total. The lowest BCUT2D eigenvalue weighted by Gasteiger charge is -2.43. The summed E-state index contributed by atoms with van der Waals surface area (Å²) in [4.78, 5) is 0. The molecule has 1 fully saturated rings. The number of hydrogen-bond donors (Lipinski definition) is 1. The van der Waals surface area contributed by atoms with Crippen molar-refractivity contribution in [2.24, 2.45) is 17.8 Å². The van der Waals surface area contributed by atoms with Crippen LogP contribution in [0.25, 0.3) is 0 Å². The second kappa shape index (κ2) is 6.09. The van der Waals surface area contributed by atoms with Gasteiger partial charge in [0.15, 0.2) is 0 Å². The lowest BCUT2D eigenvalue weighted by molar-refractivity contribution is -0.0599. The fourth-order valence-corrected chi connectivity index (χ4v) is 3.67. The maximum Gasteiger partial charge on any atom is 0.0924 e. The summed E-state index contributed by atoms with van der Waals surface area (Å²) >= 11 is 0. The van der Waals surface area contributed by atoms with Crippen molar-refractivity contribution in [1.29, 1.82) is 0 Å². The summed E-state index contributed by atoms with van der Waals surface area (Å²) in [5.74, 6) is 1.95. The van der Waals surface area contributed by atoms with Crippen molar-refractivity contribution in [3.05, 3.63) is 35.9 Å². The molecule has 0 aromatic heterocycles. The van der Waals surface area contributed by atoms with Crippen LogP contribution >= 0.6 is 0 Å². The molecule has 0 amide bonds. The highest BCUT2D eigenvalue weighted by atomic mass is 16.3. The van der Waals surface area contributed by atoms with Crippen LogP contribution in [0, 0.1) is 17.8 Å². The van der Waals surface area contributed by atoms with Crippen LogP contribution in [0.3, 0.4) is 0 Å². The van der Waals surface area contributed by atoms with Crippen molar-refractivity contribution in [2.45, 2.75) is 58.5 Å². The molecular weight excluding hydrogens is 232 g/mol. The van der Waals surface area contributed by atoms with Gasteiger partial charge in [0.25, 0.3) is 0 Å². The van der Waals surface area contributed by atoms with Crippen molar-refractivity contribution in [3.8, 4) is 0 Å². The van der Waals surface area contributed by atoms with Crippen LogP contribution in [0.1, 0.15) is 58.4 Å². The summed E-state index contributed by atoms with van der Waals surface area (Å²) in [7, 11) is 0. The largest absolute Gasteiger partial charge is 0.385 e. The second-order valence-corrected chi connectivity index (χ2v) is 6.50. The van der Waals surface area contributed by atoms with Gasteiger partial charge in [-0.05, 0) is 42.6 Å². The molecular formula is C18H28O. The molecule has 4 atom stereocenters. The molecule has 0 spiro atoms. The molecule has 1 aromatic carbocycles. The van der Waals surface area contributed by atoms with Gasteiger partial charge in [0, 0.05) is 0 Å². The van der Waals surface area contributed by atoms with E-state index in [2.05, 4.69) is 32.9 Å². The molecule has 1 aromatic rings. The number of hydrogen-bond acceptors (Lipinski definition) is 1. The van der Waals surface area contributed by atoms with Crippen molar-refractivity contribution < 1.29 is 5.11 Å². The zero-order valence-electron chi connectivity index (χ0n) is 12.6. The van der Waals surface area contributed by atoms with Crippen LogP contribution in [0.15, 0.2) is 30.3 Å². The summed E-state index contributed by atoms with van der Waals surface area (Å²) in [6, 6.07) is 10.3. The Bertz CT molecular complexity index is 386. The van der Waals surface area contributed by atoms with E-state index >= 15 is 0 Å². The maximum atomic E-state index is 11.3. The smallest absolute Gasteiger partial charge is 0.0924 e.